The third-order valence-electron chi connectivity index (χ3n) is 3.19. The van der Waals surface area contributed by atoms with E-state index in [9.17, 15) is 4.79 Å². The number of hydrogen-bond donors (Lipinski definition) is 3. The number of amides is 1. The number of nitrogens with two attached hydrogens (primary N) is 1. The molecule has 20 heavy (non-hydrogen) atoms. The number of carbonyl (C=O) groups excluding carboxylic acids is 1. The van der Waals surface area contributed by atoms with Gasteiger partial charge < -0.3 is 10.5 Å². The molecule has 106 valence electrons. The van der Waals surface area contributed by atoms with Crippen LogP contribution in [0.25, 0.3) is 6.08 Å². The van der Waals surface area contributed by atoms with Crippen LogP contribution in [0.2, 0.25) is 0 Å². The topological polar surface area (TPSA) is 88.2 Å². The molecule has 1 aliphatic rings. The Kier molecular flexibility index (Phi) is 4.08. The van der Waals surface area contributed by atoms with Gasteiger partial charge in [0.15, 0.2) is 5.96 Å². The van der Waals surface area contributed by atoms with Gasteiger partial charge in [0.05, 0.1) is 6.61 Å². The number of fused-ring (bicyclic) bond motifs is 1. The smallest absolute Gasteiger partial charge is 0.254 e. The molecule has 0 bridgehead atoms. The first-order valence-corrected chi connectivity index (χ1v) is 6.60. The molecule has 1 heterocycles. The standard InChI is InChI=1S/C15H19N3O2/c1-9(2)12-5-3-4-10-8-11(6-7-20-13(10)12)14(19)18-15(16)17/h3-5,8-9H,6-7H2,1-2H3,(H4,16,17,18,19). The van der Waals surface area contributed by atoms with Crippen LogP contribution >= 0.6 is 0 Å². The highest BCUT2D eigenvalue weighted by Crippen LogP contribution is 2.33. The number of guanidine groups is 1. The first kappa shape index (κ1) is 14.1. The fraction of sp³-hybridized carbons (Fsp3) is 0.333. The Morgan fingerprint density at radius 3 is 2.85 bits per heavy atom. The van der Waals surface area contributed by atoms with Gasteiger partial charge in [-0.2, -0.15) is 0 Å². The van der Waals surface area contributed by atoms with E-state index in [-0.39, 0.29) is 11.9 Å². The summed E-state index contributed by atoms with van der Waals surface area (Å²) in [5.74, 6) is 0.500. The number of benzene rings is 1. The molecule has 0 aliphatic carbocycles. The summed E-state index contributed by atoms with van der Waals surface area (Å²) in [7, 11) is 0. The van der Waals surface area contributed by atoms with E-state index >= 15 is 0 Å². The van der Waals surface area contributed by atoms with E-state index < -0.39 is 0 Å². The highest BCUT2D eigenvalue weighted by molar-refractivity contribution is 6.06. The minimum absolute atomic E-state index is 0.344. The maximum atomic E-state index is 11.9. The fourth-order valence-electron chi connectivity index (χ4n) is 2.21. The SMILES string of the molecule is CC(C)c1cccc2c1OCCC(C(=O)NC(=N)N)=C2. The number of ether oxygens (including phenoxy) is 1. The fourth-order valence-corrected chi connectivity index (χ4v) is 2.21. The largest absolute Gasteiger partial charge is 0.492 e. The van der Waals surface area contributed by atoms with E-state index in [4.69, 9.17) is 15.9 Å². The van der Waals surface area contributed by atoms with E-state index in [1.807, 2.05) is 24.3 Å². The van der Waals surface area contributed by atoms with E-state index in [1.54, 1.807) is 0 Å². The molecule has 5 nitrogen and oxygen atoms in total. The van der Waals surface area contributed by atoms with E-state index in [0.29, 0.717) is 24.5 Å². The van der Waals surface area contributed by atoms with Crippen molar-refractivity contribution in [3.8, 4) is 5.75 Å². The minimum Gasteiger partial charge on any atom is -0.492 e. The van der Waals surface area contributed by atoms with Crippen molar-refractivity contribution in [2.75, 3.05) is 6.61 Å². The number of rotatable bonds is 2. The first-order chi connectivity index (χ1) is 9.49. The Balaban J connectivity index is 2.38. The molecule has 0 saturated heterocycles. The van der Waals surface area contributed by atoms with Gasteiger partial charge in [0.25, 0.3) is 5.91 Å². The van der Waals surface area contributed by atoms with Crippen LogP contribution in [-0.4, -0.2) is 18.5 Å². The van der Waals surface area contributed by atoms with Crippen LogP contribution in [-0.2, 0) is 4.79 Å². The maximum Gasteiger partial charge on any atom is 0.254 e. The van der Waals surface area contributed by atoms with Gasteiger partial charge in [-0.05, 0) is 17.6 Å². The monoisotopic (exact) mass is 273 g/mol. The van der Waals surface area contributed by atoms with Crippen molar-refractivity contribution in [1.82, 2.24) is 5.32 Å². The zero-order valence-electron chi connectivity index (χ0n) is 11.7. The molecule has 0 atom stereocenters. The van der Waals surface area contributed by atoms with Gasteiger partial charge in [0, 0.05) is 17.6 Å². The molecule has 0 radical (unpaired) electrons. The van der Waals surface area contributed by atoms with Crippen molar-refractivity contribution < 1.29 is 9.53 Å². The molecule has 1 aromatic carbocycles. The Bertz CT molecular complexity index is 576. The van der Waals surface area contributed by atoms with Crippen molar-refractivity contribution >= 4 is 17.9 Å². The van der Waals surface area contributed by atoms with Crippen molar-refractivity contribution in [1.29, 1.82) is 5.41 Å². The van der Waals surface area contributed by atoms with Crippen LogP contribution in [0.1, 0.15) is 37.3 Å². The summed E-state index contributed by atoms with van der Waals surface area (Å²) in [6.07, 6.45) is 2.30. The second-order valence-corrected chi connectivity index (χ2v) is 5.06. The third kappa shape index (κ3) is 2.99. The first-order valence-electron chi connectivity index (χ1n) is 6.60. The van der Waals surface area contributed by atoms with Gasteiger partial charge in [0.2, 0.25) is 0 Å². The predicted molar refractivity (Wildman–Crippen MR) is 78.7 cm³/mol. The molecule has 0 unspecified atom stereocenters. The van der Waals surface area contributed by atoms with Crippen LogP contribution < -0.4 is 15.8 Å². The predicted octanol–water partition coefficient (Wildman–Crippen LogP) is 1.99. The molecule has 0 aromatic heterocycles. The Labute approximate surface area is 118 Å². The van der Waals surface area contributed by atoms with Gasteiger partial charge in [0.1, 0.15) is 5.75 Å². The summed E-state index contributed by atoms with van der Waals surface area (Å²) in [6.45, 7) is 4.65. The number of para-hydroxylation sites is 1. The molecule has 0 spiro atoms. The van der Waals surface area contributed by atoms with Crippen LogP contribution in [0.5, 0.6) is 5.75 Å². The summed E-state index contributed by atoms with van der Waals surface area (Å²) >= 11 is 0. The lowest BCUT2D eigenvalue weighted by Gasteiger charge is -2.14. The molecular weight excluding hydrogens is 254 g/mol. The molecule has 4 N–H and O–H groups in total. The quantitative estimate of drug-likeness (QED) is 0.568. The molecule has 2 rings (SSSR count). The summed E-state index contributed by atoms with van der Waals surface area (Å²) in [4.78, 5) is 11.9. The van der Waals surface area contributed by atoms with E-state index in [1.165, 1.54) is 0 Å². The molecule has 1 amide bonds. The summed E-state index contributed by atoms with van der Waals surface area (Å²) in [5.41, 5.74) is 7.78. The second-order valence-electron chi connectivity index (χ2n) is 5.06. The van der Waals surface area contributed by atoms with Gasteiger partial charge in [-0.1, -0.05) is 32.0 Å². The van der Waals surface area contributed by atoms with Gasteiger partial charge in [-0.15, -0.1) is 0 Å². The number of hydrogen-bond acceptors (Lipinski definition) is 3. The molecular formula is C15H19N3O2. The molecule has 0 saturated carbocycles. The molecule has 1 aromatic rings. The second kappa shape index (κ2) is 5.77. The van der Waals surface area contributed by atoms with Gasteiger partial charge in [-0.3, -0.25) is 15.5 Å². The summed E-state index contributed by atoms with van der Waals surface area (Å²) < 4.78 is 5.81. The summed E-state index contributed by atoms with van der Waals surface area (Å²) in [6, 6.07) is 5.92. The Hall–Kier alpha value is -2.30. The van der Waals surface area contributed by atoms with Crippen molar-refractivity contribution in [2.45, 2.75) is 26.2 Å². The Morgan fingerprint density at radius 2 is 2.20 bits per heavy atom. The average Bonchev–Trinajstić information content (AvgIpc) is 2.59. The summed E-state index contributed by atoms with van der Waals surface area (Å²) in [5, 5.41) is 9.43. The zero-order valence-corrected chi connectivity index (χ0v) is 11.7. The Morgan fingerprint density at radius 1 is 1.45 bits per heavy atom. The van der Waals surface area contributed by atoms with Crippen LogP contribution in [0, 0.1) is 5.41 Å². The lowest BCUT2D eigenvalue weighted by molar-refractivity contribution is -0.116. The van der Waals surface area contributed by atoms with Gasteiger partial charge in [-0.25, -0.2) is 0 Å². The van der Waals surface area contributed by atoms with Crippen molar-refractivity contribution in [3.05, 3.63) is 34.9 Å². The normalized spacial score (nSPS) is 13.8. The van der Waals surface area contributed by atoms with Crippen LogP contribution in [0.3, 0.4) is 0 Å². The lowest BCUT2D eigenvalue weighted by Crippen LogP contribution is -2.36. The third-order valence-corrected chi connectivity index (χ3v) is 3.19. The van der Waals surface area contributed by atoms with E-state index in [2.05, 4.69) is 19.2 Å². The van der Waals surface area contributed by atoms with Gasteiger partial charge >= 0.3 is 0 Å². The lowest BCUT2D eigenvalue weighted by atomic mass is 9.98. The maximum absolute atomic E-state index is 11.9. The molecule has 0 fully saturated rings. The van der Waals surface area contributed by atoms with Crippen molar-refractivity contribution in [3.63, 3.8) is 0 Å². The highest BCUT2D eigenvalue weighted by atomic mass is 16.5. The highest BCUT2D eigenvalue weighted by Gasteiger charge is 2.18. The number of nitrogens with one attached hydrogen (secondary N) is 2. The number of carbonyl (C=O) groups is 1. The molecule has 1 aliphatic heterocycles. The zero-order chi connectivity index (χ0) is 14.7. The average molecular weight is 273 g/mol. The molecule has 5 heteroatoms. The minimum atomic E-state index is -0.350. The van der Waals surface area contributed by atoms with Crippen LogP contribution in [0.15, 0.2) is 23.8 Å². The van der Waals surface area contributed by atoms with E-state index in [0.717, 1.165) is 16.9 Å². The van der Waals surface area contributed by atoms with Crippen molar-refractivity contribution in [2.24, 2.45) is 5.73 Å². The van der Waals surface area contributed by atoms with Crippen LogP contribution in [0.4, 0.5) is 0 Å².